The van der Waals surface area contributed by atoms with Crippen LogP contribution in [0.1, 0.15) is 13.3 Å². The first-order valence-electron chi connectivity index (χ1n) is 5.67. The van der Waals surface area contributed by atoms with Crippen LogP contribution >= 0.6 is 0 Å². The van der Waals surface area contributed by atoms with Crippen LogP contribution < -0.4 is 9.69 Å². The molecule has 0 spiro atoms. The van der Waals surface area contributed by atoms with E-state index in [0.29, 0.717) is 12.4 Å². The van der Waals surface area contributed by atoms with Gasteiger partial charge in [0.1, 0.15) is 0 Å². The van der Waals surface area contributed by atoms with Gasteiger partial charge in [0.2, 0.25) is 5.82 Å². The highest BCUT2D eigenvalue weighted by atomic mass is 19.1. The molecule has 0 atom stereocenters. The average Bonchev–Trinajstić information content (AvgIpc) is 2.38. The van der Waals surface area contributed by atoms with Gasteiger partial charge in [-0.1, -0.05) is 17.7 Å². The zero-order valence-corrected chi connectivity index (χ0v) is 9.75. The standard InChI is InChI=1S/C13H15FN3/c1-2-9-17(16-10-4-3-5-11-16)13-12(14)7-6-8-15-13/h3-8,10-11H,2,9H2,1H3/q+1. The summed E-state index contributed by atoms with van der Waals surface area (Å²) in [4.78, 5) is 4.10. The molecule has 2 aromatic rings. The van der Waals surface area contributed by atoms with E-state index in [9.17, 15) is 4.39 Å². The van der Waals surface area contributed by atoms with E-state index in [1.165, 1.54) is 6.07 Å². The van der Waals surface area contributed by atoms with Crippen molar-refractivity contribution in [2.24, 2.45) is 0 Å². The van der Waals surface area contributed by atoms with Gasteiger partial charge in [-0.3, -0.25) is 0 Å². The highest BCUT2D eigenvalue weighted by molar-refractivity contribution is 5.35. The number of hydrogen-bond donors (Lipinski definition) is 0. The Balaban J connectivity index is 2.39. The minimum atomic E-state index is -0.308. The summed E-state index contributed by atoms with van der Waals surface area (Å²) in [5.74, 6) is 0.0443. The van der Waals surface area contributed by atoms with Gasteiger partial charge >= 0.3 is 0 Å². The third kappa shape index (κ3) is 2.58. The maximum atomic E-state index is 13.7. The number of anilines is 1. The number of rotatable bonds is 4. The van der Waals surface area contributed by atoms with Gasteiger partial charge in [0, 0.05) is 18.3 Å². The summed E-state index contributed by atoms with van der Waals surface area (Å²) in [6, 6.07) is 8.76. The lowest BCUT2D eigenvalue weighted by molar-refractivity contribution is -0.685. The maximum Gasteiger partial charge on any atom is 0.224 e. The lowest BCUT2D eigenvalue weighted by Gasteiger charge is -2.15. The Morgan fingerprint density at radius 2 is 2.00 bits per heavy atom. The second-order valence-electron chi connectivity index (χ2n) is 3.69. The van der Waals surface area contributed by atoms with Crippen molar-refractivity contribution in [2.45, 2.75) is 13.3 Å². The summed E-state index contributed by atoms with van der Waals surface area (Å²) in [5.41, 5.74) is 0. The Morgan fingerprint density at radius 1 is 1.24 bits per heavy atom. The molecule has 0 N–H and O–H groups in total. The van der Waals surface area contributed by atoms with Gasteiger partial charge < -0.3 is 0 Å². The first-order chi connectivity index (χ1) is 8.33. The maximum absolute atomic E-state index is 13.7. The molecule has 0 radical (unpaired) electrons. The minimum absolute atomic E-state index is 0.308. The molecule has 2 heterocycles. The molecule has 0 fully saturated rings. The van der Waals surface area contributed by atoms with Crippen LogP contribution in [-0.4, -0.2) is 11.5 Å². The summed E-state index contributed by atoms with van der Waals surface area (Å²) in [5, 5.41) is 1.81. The predicted octanol–water partition coefficient (Wildman–Crippen LogP) is 2.19. The summed E-state index contributed by atoms with van der Waals surface area (Å²) in [6.07, 6.45) is 6.27. The van der Waals surface area contributed by atoms with E-state index >= 15 is 0 Å². The van der Waals surface area contributed by atoms with Crippen LogP contribution in [0.4, 0.5) is 10.2 Å². The molecule has 0 aliphatic carbocycles. The lowest BCUT2D eigenvalue weighted by Crippen LogP contribution is -2.55. The van der Waals surface area contributed by atoms with Crippen molar-refractivity contribution in [2.75, 3.05) is 11.6 Å². The van der Waals surface area contributed by atoms with Crippen LogP contribution in [0.3, 0.4) is 0 Å². The smallest absolute Gasteiger partial charge is 0.224 e. The topological polar surface area (TPSA) is 20.0 Å². The molecule has 0 saturated heterocycles. The largest absolute Gasteiger partial charge is 0.232 e. The van der Waals surface area contributed by atoms with Gasteiger partial charge in [-0.25, -0.2) is 9.37 Å². The normalized spacial score (nSPS) is 10.2. The van der Waals surface area contributed by atoms with Crippen LogP contribution in [0.25, 0.3) is 0 Å². The molecule has 0 saturated carbocycles. The zero-order chi connectivity index (χ0) is 12.1. The molecule has 17 heavy (non-hydrogen) atoms. The highest BCUT2D eigenvalue weighted by Gasteiger charge is 2.19. The molecule has 88 valence electrons. The SMILES string of the molecule is CCCN(c1ncccc1F)[n+]1ccccc1. The fourth-order valence-corrected chi connectivity index (χ4v) is 1.66. The van der Waals surface area contributed by atoms with Gasteiger partial charge in [0.05, 0.1) is 6.54 Å². The van der Waals surface area contributed by atoms with E-state index in [4.69, 9.17) is 0 Å². The van der Waals surface area contributed by atoms with Gasteiger partial charge in [0.15, 0.2) is 18.2 Å². The Bertz CT molecular complexity index is 473. The van der Waals surface area contributed by atoms with Crippen molar-refractivity contribution in [1.82, 2.24) is 4.98 Å². The van der Waals surface area contributed by atoms with E-state index in [1.54, 1.807) is 12.3 Å². The second kappa shape index (κ2) is 5.39. The third-order valence-electron chi connectivity index (χ3n) is 2.40. The van der Waals surface area contributed by atoms with Gasteiger partial charge in [-0.05, 0) is 18.6 Å². The van der Waals surface area contributed by atoms with Crippen molar-refractivity contribution < 1.29 is 9.07 Å². The molecule has 0 unspecified atom stereocenters. The molecule has 4 heteroatoms. The van der Waals surface area contributed by atoms with Crippen LogP contribution in [0, 0.1) is 5.82 Å². The van der Waals surface area contributed by atoms with Crippen molar-refractivity contribution in [3.05, 3.63) is 54.7 Å². The van der Waals surface area contributed by atoms with Crippen molar-refractivity contribution in [1.29, 1.82) is 0 Å². The monoisotopic (exact) mass is 232 g/mol. The van der Waals surface area contributed by atoms with E-state index < -0.39 is 0 Å². The van der Waals surface area contributed by atoms with Gasteiger partial charge in [0.25, 0.3) is 0 Å². The number of nitrogens with zero attached hydrogens (tertiary/aromatic N) is 3. The molecule has 2 rings (SSSR count). The number of aromatic nitrogens is 2. The van der Waals surface area contributed by atoms with Gasteiger partial charge in [-0.15, -0.1) is 5.01 Å². The summed E-state index contributed by atoms with van der Waals surface area (Å²) in [7, 11) is 0. The van der Waals surface area contributed by atoms with Crippen LogP contribution in [0.5, 0.6) is 0 Å². The third-order valence-corrected chi connectivity index (χ3v) is 2.40. The Labute approximate surface area is 100 Å². The molecular weight excluding hydrogens is 217 g/mol. The molecule has 0 bridgehead atoms. The molecular formula is C13H15FN3+. The van der Waals surface area contributed by atoms with E-state index in [-0.39, 0.29) is 5.82 Å². The van der Waals surface area contributed by atoms with E-state index in [0.717, 1.165) is 6.42 Å². The Hall–Kier alpha value is -1.97. The quantitative estimate of drug-likeness (QED) is 0.753. The molecule has 0 amide bonds. The lowest BCUT2D eigenvalue weighted by atomic mass is 10.4. The number of hydrogen-bond acceptors (Lipinski definition) is 2. The minimum Gasteiger partial charge on any atom is -0.232 e. The van der Waals surface area contributed by atoms with Crippen molar-refractivity contribution in [3.63, 3.8) is 0 Å². The van der Waals surface area contributed by atoms with Crippen LogP contribution in [0.2, 0.25) is 0 Å². The highest BCUT2D eigenvalue weighted by Crippen LogP contribution is 2.13. The summed E-state index contributed by atoms with van der Waals surface area (Å²) in [6.45, 7) is 2.76. The predicted molar refractivity (Wildman–Crippen MR) is 63.9 cm³/mol. The summed E-state index contributed by atoms with van der Waals surface area (Å²) >= 11 is 0. The molecule has 0 aromatic carbocycles. The molecule has 3 nitrogen and oxygen atoms in total. The zero-order valence-electron chi connectivity index (χ0n) is 9.75. The Morgan fingerprint density at radius 3 is 2.65 bits per heavy atom. The first kappa shape index (κ1) is 11.5. The van der Waals surface area contributed by atoms with Crippen molar-refractivity contribution >= 4 is 5.82 Å². The number of pyridine rings is 2. The molecule has 0 aliphatic heterocycles. The fraction of sp³-hybridized carbons (Fsp3) is 0.231. The van der Waals surface area contributed by atoms with E-state index in [1.807, 2.05) is 40.3 Å². The second-order valence-corrected chi connectivity index (χ2v) is 3.69. The van der Waals surface area contributed by atoms with Crippen LogP contribution in [0.15, 0.2) is 48.9 Å². The fourth-order valence-electron chi connectivity index (χ4n) is 1.66. The number of halogens is 1. The first-order valence-corrected chi connectivity index (χ1v) is 5.67. The molecule has 2 aromatic heterocycles. The van der Waals surface area contributed by atoms with Gasteiger partial charge in [-0.2, -0.15) is 0 Å². The van der Waals surface area contributed by atoms with E-state index in [2.05, 4.69) is 11.9 Å². The van der Waals surface area contributed by atoms with Crippen LogP contribution in [-0.2, 0) is 0 Å². The molecule has 0 aliphatic rings. The summed E-state index contributed by atoms with van der Waals surface area (Å²) < 4.78 is 15.6. The average molecular weight is 232 g/mol. The Kier molecular flexibility index (Phi) is 3.65. The van der Waals surface area contributed by atoms with Crippen molar-refractivity contribution in [3.8, 4) is 0 Å².